The predicted octanol–water partition coefficient (Wildman–Crippen LogP) is 3.24. The van der Waals surface area contributed by atoms with Crippen LogP contribution < -0.4 is 0 Å². The van der Waals surface area contributed by atoms with Gasteiger partial charge < -0.3 is 4.90 Å². The Balaban J connectivity index is 1.91. The lowest BCUT2D eigenvalue weighted by Crippen LogP contribution is -2.38. The highest BCUT2D eigenvalue weighted by Crippen LogP contribution is 2.18. The number of nitrogens with zero attached hydrogens (tertiary/aromatic N) is 1. The second-order valence-corrected chi connectivity index (χ2v) is 5.64. The highest BCUT2D eigenvalue weighted by atomic mass is 16.1. The Kier molecular flexibility index (Phi) is 4.54. The fourth-order valence-corrected chi connectivity index (χ4v) is 2.81. The van der Waals surface area contributed by atoms with Crippen molar-refractivity contribution in [2.45, 2.75) is 26.7 Å². The summed E-state index contributed by atoms with van der Waals surface area (Å²) in [6.07, 6.45) is 2.60. The van der Waals surface area contributed by atoms with Crippen LogP contribution in [0.5, 0.6) is 0 Å². The molecule has 1 aliphatic rings. The summed E-state index contributed by atoms with van der Waals surface area (Å²) < 4.78 is 0. The first-order chi connectivity index (χ1) is 8.66. The molecule has 1 aliphatic heterocycles. The SMILES string of the molecule is CC1CCCN(CC(C)C(=O)c2ccccc2)C1. The van der Waals surface area contributed by atoms with Crippen LogP contribution in [-0.2, 0) is 0 Å². The maximum atomic E-state index is 12.3. The molecule has 1 saturated heterocycles. The molecule has 0 spiro atoms. The Morgan fingerprint density at radius 1 is 1.39 bits per heavy atom. The van der Waals surface area contributed by atoms with Crippen LogP contribution in [0.1, 0.15) is 37.0 Å². The van der Waals surface area contributed by atoms with Gasteiger partial charge >= 0.3 is 0 Å². The summed E-state index contributed by atoms with van der Waals surface area (Å²) in [5.41, 5.74) is 0.843. The van der Waals surface area contributed by atoms with Crippen LogP contribution in [0.4, 0.5) is 0 Å². The Bertz CT molecular complexity index is 387. The average Bonchev–Trinajstić information content (AvgIpc) is 2.39. The van der Waals surface area contributed by atoms with Crippen LogP contribution in [0.3, 0.4) is 0 Å². The minimum absolute atomic E-state index is 0.0951. The van der Waals surface area contributed by atoms with Gasteiger partial charge in [0.15, 0.2) is 5.78 Å². The molecule has 2 nitrogen and oxygen atoms in total. The second-order valence-electron chi connectivity index (χ2n) is 5.64. The van der Waals surface area contributed by atoms with Crippen molar-refractivity contribution in [1.82, 2.24) is 4.90 Å². The number of likely N-dealkylation sites (tertiary alicyclic amines) is 1. The maximum Gasteiger partial charge on any atom is 0.166 e. The molecule has 2 heteroatoms. The molecule has 0 amide bonds. The van der Waals surface area contributed by atoms with Crippen molar-refractivity contribution < 1.29 is 4.79 Å². The van der Waals surface area contributed by atoms with E-state index in [9.17, 15) is 4.79 Å². The molecule has 18 heavy (non-hydrogen) atoms. The van der Waals surface area contributed by atoms with E-state index in [1.54, 1.807) is 0 Å². The van der Waals surface area contributed by atoms with Crippen molar-refractivity contribution in [1.29, 1.82) is 0 Å². The van der Waals surface area contributed by atoms with Crippen molar-refractivity contribution in [3.8, 4) is 0 Å². The van der Waals surface area contributed by atoms with Gasteiger partial charge in [-0.1, -0.05) is 44.2 Å². The number of hydrogen-bond donors (Lipinski definition) is 0. The van der Waals surface area contributed by atoms with Crippen LogP contribution in [0.25, 0.3) is 0 Å². The number of benzene rings is 1. The highest BCUT2D eigenvalue weighted by Gasteiger charge is 2.21. The number of piperidine rings is 1. The quantitative estimate of drug-likeness (QED) is 0.759. The predicted molar refractivity (Wildman–Crippen MR) is 74.8 cm³/mol. The second kappa shape index (κ2) is 6.14. The third-order valence-electron chi connectivity index (χ3n) is 3.78. The number of hydrogen-bond acceptors (Lipinski definition) is 2. The molecule has 2 unspecified atom stereocenters. The first-order valence-corrected chi connectivity index (χ1v) is 6.98. The van der Waals surface area contributed by atoms with E-state index in [-0.39, 0.29) is 11.7 Å². The standard InChI is InChI=1S/C16H23NO/c1-13-7-6-10-17(11-13)12-14(2)16(18)15-8-4-3-5-9-15/h3-5,8-9,13-14H,6-7,10-12H2,1-2H3. The average molecular weight is 245 g/mol. The van der Waals surface area contributed by atoms with Gasteiger partial charge in [0.25, 0.3) is 0 Å². The summed E-state index contributed by atoms with van der Waals surface area (Å²) in [5.74, 6) is 1.14. The zero-order chi connectivity index (χ0) is 13.0. The largest absolute Gasteiger partial charge is 0.302 e. The summed E-state index contributed by atoms with van der Waals surface area (Å²) >= 11 is 0. The monoisotopic (exact) mass is 245 g/mol. The van der Waals surface area contributed by atoms with E-state index < -0.39 is 0 Å². The molecule has 1 heterocycles. The number of rotatable bonds is 4. The van der Waals surface area contributed by atoms with Gasteiger partial charge in [-0.2, -0.15) is 0 Å². The van der Waals surface area contributed by atoms with Gasteiger partial charge in [0, 0.05) is 24.6 Å². The summed E-state index contributed by atoms with van der Waals surface area (Å²) in [7, 11) is 0. The van der Waals surface area contributed by atoms with Gasteiger partial charge in [-0.05, 0) is 25.3 Å². The van der Waals surface area contributed by atoms with E-state index in [1.807, 2.05) is 30.3 Å². The minimum Gasteiger partial charge on any atom is -0.302 e. The molecule has 0 saturated carbocycles. The third kappa shape index (κ3) is 3.42. The number of carbonyl (C=O) groups excluding carboxylic acids is 1. The first-order valence-electron chi connectivity index (χ1n) is 6.98. The summed E-state index contributed by atoms with van der Waals surface area (Å²) in [4.78, 5) is 14.7. The van der Waals surface area contributed by atoms with Crippen molar-refractivity contribution in [3.63, 3.8) is 0 Å². The van der Waals surface area contributed by atoms with Crippen LogP contribution in [-0.4, -0.2) is 30.3 Å². The maximum absolute atomic E-state index is 12.3. The molecule has 0 aliphatic carbocycles. The van der Waals surface area contributed by atoms with E-state index in [2.05, 4.69) is 18.7 Å². The normalized spacial score (nSPS) is 22.7. The van der Waals surface area contributed by atoms with Crippen molar-refractivity contribution >= 4 is 5.78 Å². The molecule has 98 valence electrons. The van der Waals surface area contributed by atoms with Gasteiger partial charge in [0.05, 0.1) is 0 Å². The Morgan fingerprint density at radius 2 is 2.11 bits per heavy atom. The van der Waals surface area contributed by atoms with E-state index in [0.717, 1.165) is 31.1 Å². The van der Waals surface area contributed by atoms with E-state index in [1.165, 1.54) is 12.8 Å². The van der Waals surface area contributed by atoms with Crippen LogP contribution in [0.2, 0.25) is 0 Å². The molecule has 1 fully saturated rings. The molecular weight excluding hydrogens is 222 g/mol. The fraction of sp³-hybridized carbons (Fsp3) is 0.562. The molecule has 0 bridgehead atoms. The summed E-state index contributed by atoms with van der Waals surface area (Å²) in [6, 6.07) is 9.65. The Labute approximate surface area is 110 Å². The molecular formula is C16H23NO. The van der Waals surface area contributed by atoms with Crippen molar-refractivity contribution in [2.24, 2.45) is 11.8 Å². The van der Waals surface area contributed by atoms with Crippen molar-refractivity contribution in [3.05, 3.63) is 35.9 Å². The zero-order valence-corrected chi connectivity index (χ0v) is 11.4. The Morgan fingerprint density at radius 3 is 2.78 bits per heavy atom. The first kappa shape index (κ1) is 13.3. The number of carbonyl (C=O) groups is 1. The van der Waals surface area contributed by atoms with Crippen LogP contribution in [0, 0.1) is 11.8 Å². The topological polar surface area (TPSA) is 20.3 Å². The van der Waals surface area contributed by atoms with Gasteiger partial charge in [-0.15, -0.1) is 0 Å². The van der Waals surface area contributed by atoms with E-state index in [4.69, 9.17) is 0 Å². The molecule has 1 aromatic rings. The van der Waals surface area contributed by atoms with Gasteiger partial charge in [-0.25, -0.2) is 0 Å². The molecule has 0 radical (unpaired) electrons. The fourth-order valence-electron chi connectivity index (χ4n) is 2.81. The lowest BCUT2D eigenvalue weighted by molar-refractivity contribution is 0.0866. The lowest BCUT2D eigenvalue weighted by atomic mass is 9.95. The molecule has 1 aromatic carbocycles. The van der Waals surface area contributed by atoms with Gasteiger partial charge in [0.1, 0.15) is 0 Å². The van der Waals surface area contributed by atoms with Gasteiger partial charge in [-0.3, -0.25) is 4.79 Å². The van der Waals surface area contributed by atoms with Crippen LogP contribution >= 0.6 is 0 Å². The molecule has 0 aromatic heterocycles. The van der Waals surface area contributed by atoms with E-state index >= 15 is 0 Å². The molecule has 0 N–H and O–H groups in total. The van der Waals surface area contributed by atoms with E-state index in [0.29, 0.717) is 0 Å². The number of Topliss-reactive ketones (excluding diaryl/α,β-unsaturated/α-hetero) is 1. The minimum atomic E-state index is 0.0951. The summed E-state index contributed by atoms with van der Waals surface area (Å²) in [6.45, 7) is 7.55. The lowest BCUT2D eigenvalue weighted by Gasteiger charge is -2.32. The van der Waals surface area contributed by atoms with Crippen molar-refractivity contribution in [2.75, 3.05) is 19.6 Å². The van der Waals surface area contributed by atoms with Gasteiger partial charge in [0.2, 0.25) is 0 Å². The molecule has 2 rings (SSSR count). The smallest absolute Gasteiger partial charge is 0.166 e. The highest BCUT2D eigenvalue weighted by molar-refractivity contribution is 5.97. The third-order valence-corrected chi connectivity index (χ3v) is 3.78. The zero-order valence-electron chi connectivity index (χ0n) is 11.4. The van der Waals surface area contributed by atoms with Crippen LogP contribution in [0.15, 0.2) is 30.3 Å². The number of ketones is 1. The Hall–Kier alpha value is -1.15. The molecule has 2 atom stereocenters. The summed E-state index contributed by atoms with van der Waals surface area (Å²) in [5, 5.41) is 0.